The molecule has 19 nitrogen and oxygen atoms in total. The molecule has 1 atom stereocenters. The number of carbonyl (C=O) groups is 6. The third-order valence-corrected chi connectivity index (χ3v) is 13.6. The summed E-state index contributed by atoms with van der Waals surface area (Å²) in [6.45, 7) is 5.97. The quantitative estimate of drug-likeness (QED) is 0.129. The van der Waals surface area contributed by atoms with Crippen LogP contribution in [0.4, 0.5) is 17.2 Å². The van der Waals surface area contributed by atoms with Gasteiger partial charge in [0.05, 0.1) is 36.6 Å². The van der Waals surface area contributed by atoms with Crippen molar-refractivity contribution in [2.24, 2.45) is 0 Å². The first-order valence-corrected chi connectivity index (χ1v) is 23.4. The lowest BCUT2D eigenvalue weighted by molar-refractivity contribution is -0.137. The fraction of sp³-hybridized carbons (Fsp3) is 0.408. The molecule has 2 aromatic heterocycles. The van der Waals surface area contributed by atoms with E-state index in [2.05, 4.69) is 69.5 Å². The fourth-order valence-electron chi connectivity index (χ4n) is 9.72. The number of likely N-dealkylation sites (tertiary alicyclic amines) is 1. The summed E-state index contributed by atoms with van der Waals surface area (Å²) in [5.74, 6) is -1.57. The maximum Gasteiger partial charge on any atom is 0.262 e. The van der Waals surface area contributed by atoms with Crippen LogP contribution in [0, 0.1) is 0 Å². The van der Waals surface area contributed by atoms with Crippen molar-refractivity contribution in [2.75, 3.05) is 69.2 Å². The highest BCUT2D eigenvalue weighted by molar-refractivity contribution is 6.23. The maximum atomic E-state index is 13.2. The first kappa shape index (κ1) is 44.6. The van der Waals surface area contributed by atoms with Gasteiger partial charge in [-0.15, -0.1) is 0 Å². The van der Waals surface area contributed by atoms with E-state index >= 15 is 0 Å². The topological polar surface area (TPSA) is 214 Å². The van der Waals surface area contributed by atoms with Gasteiger partial charge in [-0.1, -0.05) is 30.3 Å². The van der Waals surface area contributed by atoms with E-state index in [1.807, 2.05) is 36.7 Å². The standard InChI is InChI=1S/C49H53N11O8/c61-41-13-12-40(47(64)55-41)60-48(65)38-11-10-37(27-39(38)49(60)66)68-28-43(63)58-16-14-36(15-17-58)67-23-22-56-18-20-57(21-19-56)34-8-6-32(7-9-34)54-45-44-46(51-29-50-45)59(30-52-44)35-25-33(26-35)53-42(62)24-31-4-2-1-3-5-31/h1-11,27,29-30,33,35-36,40H,12-26,28H2,(H,53,62)(H,50,51,54)(H,55,61,64). The lowest BCUT2D eigenvalue weighted by atomic mass is 9.86. The van der Waals surface area contributed by atoms with E-state index < -0.39 is 29.7 Å². The van der Waals surface area contributed by atoms with Crippen LogP contribution in [-0.2, 0) is 30.3 Å². The molecule has 0 spiro atoms. The zero-order valence-electron chi connectivity index (χ0n) is 37.5. The zero-order valence-corrected chi connectivity index (χ0v) is 37.5. The minimum absolute atomic E-state index is 0.0379. The molecule has 5 aromatic rings. The Morgan fingerprint density at radius 3 is 2.34 bits per heavy atom. The number of aromatic nitrogens is 4. The Bertz CT molecular complexity index is 2710. The highest BCUT2D eigenvalue weighted by Crippen LogP contribution is 2.36. The van der Waals surface area contributed by atoms with Crippen LogP contribution in [0.25, 0.3) is 11.2 Å². The van der Waals surface area contributed by atoms with E-state index in [4.69, 9.17) is 9.47 Å². The van der Waals surface area contributed by atoms with Crippen molar-refractivity contribution < 1.29 is 38.2 Å². The minimum Gasteiger partial charge on any atom is -0.484 e. The molecular formula is C49H53N11O8. The molecule has 4 aliphatic heterocycles. The second-order valence-electron chi connectivity index (χ2n) is 18.0. The summed E-state index contributed by atoms with van der Waals surface area (Å²) in [7, 11) is 0. The van der Waals surface area contributed by atoms with Gasteiger partial charge < -0.3 is 34.5 Å². The Balaban J connectivity index is 0.616. The number of anilines is 3. The van der Waals surface area contributed by atoms with Crippen molar-refractivity contribution in [3.8, 4) is 5.75 Å². The number of carbonyl (C=O) groups excluding carboxylic acids is 6. The number of ether oxygens (including phenoxy) is 2. The second kappa shape index (κ2) is 19.5. The highest BCUT2D eigenvalue weighted by Gasteiger charge is 2.45. The first-order valence-electron chi connectivity index (χ1n) is 23.4. The van der Waals surface area contributed by atoms with Gasteiger partial charge in [0.1, 0.15) is 18.1 Å². The van der Waals surface area contributed by atoms with Crippen molar-refractivity contribution in [1.29, 1.82) is 0 Å². The number of fused-ring (bicyclic) bond motifs is 2. The number of amides is 6. The number of hydrogen-bond acceptors (Lipinski definition) is 14. The van der Waals surface area contributed by atoms with Gasteiger partial charge in [-0.05, 0) is 80.1 Å². The Morgan fingerprint density at radius 1 is 0.809 bits per heavy atom. The lowest BCUT2D eigenvalue weighted by Crippen LogP contribution is -2.54. The number of nitrogens with zero attached hydrogens (tertiary/aromatic N) is 8. The third-order valence-electron chi connectivity index (χ3n) is 13.6. The van der Waals surface area contributed by atoms with E-state index in [9.17, 15) is 28.8 Å². The molecule has 3 aromatic carbocycles. The molecule has 5 aliphatic rings. The van der Waals surface area contributed by atoms with Crippen molar-refractivity contribution in [3.63, 3.8) is 0 Å². The van der Waals surface area contributed by atoms with Crippen LogP contribution in [0.1, 0.15) is 70.8 Å². The van der Waals surface area contributed by atoms with E-state index in [-0.39, 0.29) is 66.3 Å². The smallest absolute Gasteiger partial charge is 0.262 e. The van der Waals surface area contributed by atoms with Crippen molar-refractivity contribution in [2.45, 2.75) is 69.2 Å². The Morgan fingerprint density at radius 2 is 1.57 bits per heavy atom. The number of rotatable bonds is 15. The molecular weight excluding hydrogens is 871 g/mol. The molecule has 1 aliphatic carbocycles. The summed E-state index contributed by atoms with van der Waals surface area (Å²) in [6.07, 6.45) is 7.02. The van der Waals surface area contributed by atoms with Gasteiger partial charge in [0, 0.05) is 75.7 Å². The molecule has 6 heterocycles. The SMILES string of the molecule is O=C1CCC(N2C(=O)c3ccc(OCC(=O)N4CCC(OCCN5CCN(c6ccc(Nc7ncnc8c7ncn8C7CC(NC(=O)Cc8ccccc8)C7)cc6)CC5)CC4)cc3C2=O)C(=O)N1. The average molecular weight is 924 g/mol. The van der Waals surface area contributed by atoms with Crippen LogP contribution in [0.3, 0.4) is 0 Å². The van der Waals surface area contributed by atoms with Gasteiger partial charge in [-0.3, -0.25) is 43.9 Å². The third kappa shape index (κ3) is 9.62. The van der Waals surface area contributed by atoms with Crippen LogP contribution in [0.5, 0.6) is 5.75 Å². The number of piperazine rings is 1. The molecule has 0 radical (unpaired) electrons. The average Bonchev–Trinajstić information content (AvgIpc) is 3.88. The van der Waals surface area contributed by atoms with Gasteiger partial charge in [0.25, 0.3) is 17.7 Å². The summed E-state index contributed by atoms with van der Waals surface area (Å²) in [4.78, 5) is 96.9. The molecule has 19 heteroatoms. The van der Waals surface area contributed by atoms with Crippen LogP contribution < -0.4 is 25.6 Å². The highest BCUT2D eigenvalue weighted by atomic mass is 16.5. The number of piperidine rings is 2. The maximum absolute atomic E-state index is 13.2. The Kier molecular flexibility index (Phi) is 12.8. The van der Waals surface area contributed by atoms with Gasteiger partial charge in [-0.2, -0.15) is 0 Å². The minimum atomic E-state index is -1.05. The largest absolute Gasteiger partial charge is 0.484 e. The molecule has 352 valence electrons. The predicted octanol–water partition coefficient (Wildman–Crippen LogP) is 3.24. The van der Waals surface area contributed by atoms with Crippen molar-refractivity contribution in [1.82, 2.24) is 44.9 Å². The summed E-state index contributed by atoms with van der Waals surface area (Å²) in [5.41, 5.74) is 4.78. The summed E-state index contributed by atoms with van der Waals surface area (Å²) in [5, 5.41) is 8.78. The predicted molar refractivity (Wildman–Crippen MR) is 248 cm³/mol. The lowest BCUT2D eigenvalue weighted by Gasteiger charge is -2.36. The van der Waals surface area contributed by atoms with Gasteiger partial charge >= 0.3 is 0 Å². The van der Waals surface area contributed by atoms with Crippen molar-refractivity contribution in [3.05, 3.63) is 102 Å². The zero-order chi connectivity index (χ0) is 46.7. The molecule has 1 saturated carbocycles. The van der Waals surface area contributed by atoms with Crippen molar-refractivity contribution >= 4 is 63.8 Å². The van der Waals surface area contributed by atoms with Crippen LogP contribution in [0.15, 0.2) is 85.5 Å². The van der Waals surface area contributed by atoms with E-state index in [0.29, 0.717) is 37.5 Å². The molecule has 4 fully saturated rings. The van der Waals surface area contributed by atoms with Crippen LogP contribution in [-0.4, -0.2) is 147 Å². The van der Waals surface area contributed by atoms with Gasteiger partial charge in [-0.25, -0.2) is 15.0 Å². The van der Waals surface area contributed by atoms with E-state index in [1.54, 1.807) is 11.2 Å². The fourth-order valence-corrected chi connectivity index (χ4v) is 9.72. The number of hydrogen-bond donors (Lipinski definition) is 3. The van der Waals surface area contributed by atoms with Gasteiger partial charge in [0.2, 0.25) is 17.7 Å². The molecule has 68 heavy (non-hydrogen) atoms. The molecule has 10 rings (SSSR count). The molecule has 3 N–H and O–H groups in total. The number of nitrogens with one attached hydrogen (secondary N) is 3. The van der Waals surface area contributed by atoms with E-state index in [1.165, 1.54) is 18.2 Å². The number of imidazole rings is 1. The summed E-state index contributed by atoms with van der Waals surface area (Å²) >= 11 is 0. The Labute approximate surface area is 392 Å². The molecule has 3 saturated heterocycles. The molecule has 1 unspecified atom stereocenters. The molecule has 0 bridgehead atoms. The van der Waals surface area contributed by atoms with Crippen LogP contribution in [0.2, 0.25) is 0 Å². The molecule has 6 amide bonds. The first-order chi connectivity index (χ1) is 33.1. The normalized spacial score (nSPS) is 21.1. The Hall–Kier alpha value is -7.25. The number of imide groups is 2. The summed E-state index contributed by atoms with van der Waals surface area (Å²) < 4.78 is 14.1. The monoisotopic (exact) mass is 923 g/mol. The van der Waals surface area contributed by atoms with E-state index in [0.717, 1.165) is 85.9 Å². The number of benzene rings is 3. The summed E-state index contributed by atoms with van der Waals surface area (Å²) in [6, 6.07) is 21.8. The second-order valence-corrected chi connectivity index (χ2v) is 18.0. The van der Waals surface area contributed by atoms with Gasteiger partial charge in [0.15, 0.2) is 23.6 Å². The van der Waals surface area contributed by atoms with Crippen LogP contribution >= 0.6 is 0 Å².